The predicted octanol–water partition coefficient (Wildman–Crippen LogP) is 3.94. The molecule has 0 bridgehead atoms. The van der Waals surface area contributed by atoms with Crippen molar-refractivity contribution in [1.82, 2.24) is 15.3 Å². The molecule has 0 unspecified atom stereocenters. The maximum Gasteiger partial charge on any atom is 0.433 e. The molecule has 0 spiro atoms. The summed E-state index contributed by atoms with van der Waals surface area (Å²) in [7, 11) is 3.19. The molecule has 11 heteroatoms. The van der Waals surface area contributed by atoms with Gasteiger partial charge in [-0.15, -0.1) is 0 Å². The molecule has 31 heavy (non-hydrogen) atoms. The van der Waals surface area contributed by atoms with Crippen molar-refractivity contribution in [2.24, 2.45) is 0 Å². The zero-order valence-corrected chi connectivity index (χ0v) is 19.3. The third-order valence-corrected chi connectivity index (χ3v) is 4.86. The number of anilines is 2. The minimum Gasteiger partial charge on any atom is -0.367 e. The lowest BCUT2D eigenvalue weighted by Crippen LogP contribution is -2.40. The number of benzene rings is 1. The number of rotatable bonds is 5. The van der Waals surface area contributed by atoms with Gasteiger partial charge in [0.25, 0.3) is 5.91 Å². The first-order chi connectivity index (χ1) is 13.7. The van der Waals surface area contributed by atoms with E-state index in [2.05, 4.69) is 20.6 Å². The van der Waals surface area contributed by atoms with E-state index < -0.39 is 11.9 Å². The summed E-state index contributed by atoms with van der Waals surface area (Å²) >= 11 is 0. The summed E-state index contributed by atoms with van der Waals surface area (Å²) in [5.74, 6) is 0.0576. The fourth-order valence-corrected chi connectivity index (χ4v) is 3.30. The second kappa shape index (κ2) is 11.5. The van der Waals surface area contributed by atoms with Crippen molar-refractivity contribution in [3.63, 3.8) is 0 Å². The van der Waals surface area contributed by atoms with Crippen molar-refractivity contribution in [1.29, 1.82) is 0 Å². The molecule has 2 N–H and O–H groups in total. The lowest BCUT2D eigenvalue weighted by Gasteiger charge is -2.30. The SMILES string of the molecule is CN(C)c1nc(NC2CCC(NC(=O)c3ccccc3)CC2)cc(C(F)(F)F)n1.S.S. The van der Waals surface area contributed by atoms with E-state index in [0.29, 0.717) is 5.56 Å². The van der Waals surface area contributed by atoms with Gasteiger partial charge in [-0.2, -0.15) is 45.1 Å². The molecule has 1 fully saturated rings. The Kier molecular flexibility index (Phi) is 9.95. The Bertz CT molecular complexity index is 844. The van der Waals surface area contributed by atoms with E-state index in [9.17, 15) is 18.0 Å². The van der Waals surface area contributed by atoms with Gasteiger partial charge in [-0.05, 0) is 37.8 Å². The van der Waals surface area contributed by atoms with Crippen molar-refractivity contribution in [2.75, 3.05) is 24.3 Å². The summed E-state index contributed by atoms with van der Waals surface area (Å²) in [6.45, 7) is 0. The van der Waals surface area contributed by atoms with Crippen LogP contribution in [0.1, 0.15) is 41.7 Å². The molecule has 0 aliphatic heterocycles. The molecule has 1 saturated carbocycles. The number of nitrogens with one attached hydrogen (secondary N) is 2. The zero-order chi connectivity index (χ0) is 21.0. The Morgan fingerprint density at radius 2 is 1.58 bits per heavy atom. The van der Waals surface area contributed by atoms with E-state index in [1.54, 1.807) is 26.2 Å². The maximum atomic E-state index is 13.1. The smallest absolute Gasteiger partial charge is 0.367 e. The van der Waals surface area contributed by atoms with Crippen LogP contribution in [0, 0.1) is 0 Å². The summed E-state index contributed by atoms with van der Waals surface area (Å²) in [6.07, 6.45) is -1.60. The molecule has 3 rings (SSSR count). The summed E-state index contributed by atoms with van der Waals surface area (Å²) in [5, 5.41) is 6.13. The average molecular weight is 476 g/mol. The van der Waals surface area contributed by atoms with E-state index in [4.69, 9.17) is 0 Å². The third kappa shape index (κ3) is 7.49. The first kappa shape index (κ1) is 26.9. The fraction of sp³-hybridized carbons (Fsp3) is 0.450. The minimum atomic E-state index is -4.54. The second-order valence-electron chi connectivity index (χ2n) is 7.36. The molecule has 172 valence electrons. The largest absolute Gasteiger partial charge is 0.433 e. The van der Waals surface area contributed by atoms with Crippen LogP contribution >= 0.6 is 27.0 Å². The molecular formula is C20H28F3N5OS2. The van der Waals surface area contributed by atoms with Gasteiger partial charge in [-0.25, -0.2) is 4.98 Å². The first-order valence-electron chi connectivity index (χ1n) is 9.48. The van der Waals surface area contributed by atoms with Crippen molar-refractivity contribution in [2.45, 2.75) is 43.9 Å². The highest BCUT2D eigenvalue weighted by atomic mass is 32.1. The molecule has 1 aliphatic rings. The molecule has 0 radical (unpaired) electrons. The van der Waals surface area contributed by atoms with E-state index >= 15 is 0 Å². The summed E-state index contributed by atoms with van der Waals surface area (Å²) in [4.78, 5) is 21.5. The summed E-state index contributed by atoms with van der Waals surface area (Å²) in [5.41, 5.74) is -0.355. The van der Waals surface area contributed by atoms with Crippen molar-refractivity contribution < 1.29 is 18.0 Å². The van der Waals surface area contributed by atoms with Crippen molar-refractivity contribution in [3.05, 3.63) is 47.7 Å². The van der Waals surface area contributed by atoms with Crippen molar-refractivity contribution >= 4 is 44.7 Å². The molecule has 2 aromatic rings. The zero-order valence-electron chi connectivity index (χ0n) is 17.3. The average Bonchev–Trinajstić information content (AvgIpc) is 2.69. The Morgan fingerprint density at radius 1 is 1.00 bits per heavy atom. The fourth-order valence-electron chi connectivity index (χ4n) is 3.30. The number of aromatic nitrogens is 2. The molecule has 1 aromatic heterocycles. The van der Waals surface area contributed by atoms with Crippen LogP contribution in [0.3, 0.4) is 0 Å². The van der Waals surface area contributed by atoms with Crippen LogP contribution in [0.4, 0.5) is 24.9 Å². The molecule has 1 aromatic carbocycles. The van der Waals surface area contributed by atoms with Crippen LogP contribution < -0.4 is 15.5 Å². The Balaban J connectivity index is 0.00000240. The number of hydrogen-bond acceptors (Lipinski definition) is 5. The highest BCUT2D eigenvalue weighted by Crippen LogP contribution is 2.31. The molecule has 1 heterocycles. The number of alkyl halides is 3. The highest BCUT2D eigenvalue weighted by molar-refractivity contribution is 7.59. The van der Waals surface area contributed by atoms with Gasteiger partial charge in [0.15, 0.2) is 5.69 Å². The van der Waals surface area contributed by atoms with E-state index in [0.717, 1.165) is 31.7 Å². The van der Waals surface area contributed by atoms with E-state index in [1.807, 2.05) is 18.2 Å². The molecule has 1 amide bonds. The standard InChI is InChI=1S/C20H24F3N5O.2H2S/c1-28(2)19-26-16(20(21,22)23)12-17(27-19)24-14-8-10-15(11-9-14)25-18(29)13-6-4-3-5-7-13;;/h3-7,12,14-15H,8-11H2,1-2H3,(H,25,29)(H,24,26,27);2*1H2. The maximum absolute atomic E-state index is 13.1. The second-order valence-corrected chi connectivity index (χ2v) is 7.36. The lowest BCUT2D eigenvalue weighted by molar-refractivity contribution is -0.141. The lowest BCUT2D eigenvalue weighted by atomic mass is 9.91. The van der Waals surface area contributed by atoms with Gasteiger partial charge < -0.3 is 15.5 Å². The van der Waals surface area contributed by atoms with Gasteiger partial charge in [-0.1, -0.05) is 18.2 Å². The Morgan fingerprint density at radius 3 is 2.13 bits per heavy atom. The van der Waals surface area contributed by atoms with Gasteiger partial charge in [0.2, 0.25) is 5.95 Å². The van der Waals surface area contributed by atoms with Gasteiger partial charge in [-0.3, -0.25) is 4.79 Å². The van der Waals surface area contributed by atoms with Crippen LogP contribution in [-0.4, -0.2) is 42.1 Å². The third-order valence-electron chi connectivity index (χ3n) is 4.86. The number of nitrogens with zero attached hydrogens (tertiary/aromatic N) is 3. The van der Waals surface area contributed by atoms with Crippen molar-refractivity contribution in [3.8, 4) is 0 Å². The normalized spacial score (nSPS) is 18.2. The van der Waals surface area contributed by atoms with Gasteiger partial charge in [0.1, 0.15) is 5.82 Å². The molecular weight excluding hydrogens is 447 g/mol. The quantitative estimate of drug-likeness (QED) is 0.686. The van der Waals surface area contributed by atoms with Crippen LogP contribution in [0.5, 0.6) is 0 Å². The number of halogens is 3. The monoisotopic (exact) mass is 475 g/mol. The minimum absolute atomic E-state index is 0. The van der Waals surface area contributed by atoms with E-state index in [-0.39, 0.29) is 56.7 Å². The van der Waals surface area contributed by atoms with Gasteiger partial charge >= 0.3 is 6.18 Å². The van der Waals surface area contributed by atoms with Crippen LogP contribution in [-0.2, 0) is 6.18 Å². The van der Waals surface area contributed by atoms with Gasteiger partial charge in [0, 0.05) is 37.8 Å². The number of hydrogen-bond donors (Lipinski definition) is 2. The molecule has 6 nitrogen and oxygen atoms in total. The number of carbonyl (C=O) groups excluding carboxylic acids is 1. The first-order valence-corrected chi connectivity index (χ1v) is 9.48. The van der Waals surface area contributed by atoms with Crippen LogP contribution in [0.15, 0.2) is 36.4 Å². The summed E-state index contributed by atoms with van der Waals surface area (Å²) in [6, 6.07) is 9.99. The molecule has 0 atom stereocenters. The van der Waals surface area contributed by atoms with Crippen LogP contribution in [0.25, 0.3) is 0 Å². The van der Waals surface area contributed by atoms with Crippen LogP contribution in [0.2, 0.25) is 0 Å². The Labute approximate surface area is 193 Å². The predicted molar refractivity (Wildman–Crippen MR) is 126 cm³/mol. The number of carbonyl (C=O) groups is 1. The Hall–Kier alpha value is -2.14. The molecule has 1 aliphatic carbocycles. The topological polar surface area (TPSA) is 70.2 Å². The highest BCUT2D eigenvalue weighted by Gasteiger charge is 2.34. The number of amides is 1. The van der Waals surface area contributed by atoms with E-state index in [1.165, 1.54) is 4.90 Å². The molecule has 0 saturated heterocycles. The summed E-state index contributed by atoms with van der Waals surface area (Å²) < 4.78 is 39.4. The van der Waals surface area contributed by atoms with Gasteiger partial charge in [0.05, 0.1) is 0 Å².